The van der Waals surface area contributed by atoms with Gasteiger partial charge >= 0.3 is 0 Å². The van der Waals surface area contributed by atoms with Crippen molar-refractivity contribution in [3.8, 4) is 11.1 Å². The molecular formula is C19H23F2PY. The summed E-state index contributed by atoms with van der Waals surface area (Å²) >= 11 is 0. The SMILES string of the molecule is C=CCCc1ccc(-c2ccc(C)c(F)c2F)cc1.CCP.[Y]. The molecule has 0 aliphatic rings. The molecule has 0 aromatic heterocycles. The molecule has 4 heteroatoms. The Morgan fingerprint density at radius 2 is 1.61 bits per heavy atom. The maximum Gasteiger partial charge on any atom is 0.166 e. The molecule has 0 N–H and O–H groups in total. The van der Waals surface area contributed by atoms with E-state index in [9.17, 15) is 8.78 Å². The first-order valence-corrected chi connectivity index (χ1v) is 8.21. The van der Waals surface area contributed by atoms with Gasteiger partial charge in [0.05, 0.1) is 0 Å². The molecule has 0 aliphatic carbocycles. The van der Waals surface area contributed by atoms with Crippen molar-refractivity contribution in [1.29, 1.82) is 0 Å². The molecule has 2 aromatic carbocycles. The van der Waals surface area contributed by atoms with E-state index in [1.165, 1.54) is 6.16 Å². The van der Waals surface area contributed by atoms with Gasteiger partial charge in [-0.1, -0.05) is 49.4 Å². The van der Waals surface area contributed by atoms with E-state index in [0.717, 1.165) is 18.4 Å². The molecule has 121 valence electrons. The molecule has 1 unspecified atom stereocenters. The maximum absolute atomic E-state index is 13.9. The third-order valence-electron chi connectivity index (χ3n) is 3.18. The van der Waals surface area contributed by atoms with Gasteiger partial charge in [0.25, 0.3) is 0 Å². The number of hydrogen-bond acceptors (Lipinski definition) is 0. The predicted molar refractivity (Wildman–Crippen MR) is 95.3 cm³/mol. The molecule has 23 heavy (non-hydrogen) atoms. The molecule has 0 fully saturated rings. The predicted octanol–water partition coefficient (Wildman–Crippen LogP) is 5.94. The van der Waals surface area contributed by atoms with E-state index in [0.29, 0.717) is 16.7 Å². The Morgan fingerprint density at radius 3 is 2.13 bits per heavy atom. The van der Waals surface area contributed by atoms with Gasteiger partial charge in [0, 0.05) is 38.3 Å². The number of halogens is 2. The maximum atomic E-state index is 13.9. The van der Waals surface area contributed by atoms with E-state index in [4.69, 9.17) is 0 Å². The van der Waals surface area contributed by atoms with Crippen molar-refractivity contribution in [3.05, 3.63) is 71.8 Å². The second-order valence-electron chi connectivity index (χ2n) is 4.99. The fraction of sp³-hybridized carbons (Fsp3) is 0.263. The summed E-state index contributed by atoms with van der Waals surface area (Å²) in [7, 11) is 2.58. The van der Waals surface area contributed by atoms with E-state index >= 15 is 0 Å². The van der Waals surface area contributed by atoms with Gasteiger partial charge in [0.1, 0.15) is 0 Å². The van der Waals surface area contributed by atoms with Crippen LogP contribution in [-0.2, 0) is 39.1 Å². The van der Waals surface area contributed by atoms with Crippen molar-refractivity contribution in [2.75, 3.05) is 6.16 Å². The Hall–Kier alpha value is -0.426. The third-order valence-corrected chi connectivity index (χ3v) is 3.18. The van der Waals surface area contributed by atoms with Crippen molar-refractivity contribution in [2.45, 2.75) is 26.7 Å². The quantitative estimate of drug-likeness (QED) is 0.433. The van der Waals surface area contributed by atoms with Crippen LogP contribution >= 0.6 is 9.24 Å². The van der Waals surface area contributed by atoms with Gasteiger partial charge in [0.2, 0.25) is 0 Å². The average molecular weight is 409 g/mol. The van der Waals surface area contributed by atoms with E-state index in [1.807, 2.05) is 30.3 Å². The second-order valence-corrected chi connectivity index (χ2v) is 5.81. The number of rotatable bonds is 4. The molecule has 0 nitrogen and oxygen atoms in total. The first-order chi connectivity index (χ1) is 10.5. The Morgan fingerprint density at radius 1 is 1.04 bits per heavy atom. The van der Waals surface area contributed by atoms with Gasteiger partial charge in [-0.3, -0.25) is 0 Å². The topological polar surface area (TPSA) is 0 Å². The first-order valence-electron chi connectivity index (χ1n) is 7.40. The van der Waals surface area contributed by atoms with Gasteiger partial charge in [-0.2, -0.15) is 0 Å². The Bertz CT molecular complexity index is 610. The van der Waals surface area contributed by atoms with Crippen molar-refractivity contribution in [1.82, 2.24) is 0 Å². The molecule has 2 rings (SSSR count). The first kappa shape index (κ1) is 22.6. The van der Waals surface area contributed by atoms with Crippen LogP contribution in [0, 0.1) is 18.6 Å². The van der Waals surface area contributed by atoms with Crippen molar-refractivity contribution < 1.29 is 41.5 Å². The molecule has 2 aromatic rings. The molecule has 0 spiro atoms. The van der Waals surface area contributed by atoms with Gasteiger partial charge in [-0.15, -0.1) is 15.8 Å². The molecule has 0 bridgehead atoms. The Balaban J connectivity index is 0.00000112. The van der Waals surface area contributed by atoms with Crippen LogP contribution in [0.15, 0.2) is 49.1 Å². The van der Waals surface area contributed by atoms with Crippen LogP contribution < -0.4 is 0 Å². The monoisotopic (exact) mass is 409 g/mol. The smallest absolute Gasteiger partial charge is 0.166 e. The molecule has 1 atom stereocenters. The fourth-order valence-electron chi connectivity index (χ4n) is 1.99. The fourth-order valence-corrected chi connectivity index (χ4v) is 1.99. The molecule has 0 amide bonds. The van der Waals surface area contributed by atoms with Crippen molar-refractivity contribution >= 4 is 9.24 Å². The van der Waals surface area contributed by atoms with E-state index in [1.54, 1.807) is 19.1 Å². The zero-order chi connectivity index (χ0) is 16.5. The van der Waals surface area contributed by atoms with Gasteiger partial charge < -0.3 is 0 Å². The minimum absolute atomic E-state index is 0. The summed E-state index contributed by atoms with van der Waals surface area (Å²) in [6.07, 6.45) is 4.85. The minimum Gasteiger partial charge on any atom is -0.203 e. The number of hydrogen-bond donors (Lipinski definition) is 0. The summed E-state index contributed by atoms with van der Waals surface area (Å²) in [5.74, 6) is -1.55. The van der Waals surface area contributed by atoms with Crippen molar-refractivity contribution in [2.24, 2.45) is 0 Å². The average Bonchev–Trinajstić information content (AvgIpc) is 2.52. The summed E-state index contributed by atoms with van der Waals surface area (Å²) in [4.78, 5) is 0. The molecule has 0 saturated carbocycles. The van der Waals surface area contributed by atoms with Crippen LogP contribution in [-0.4, -0.2) is 6.16 Å². The Kier molecular flexibility index (Phi) is 11.8. The zero-order valence-corrected chi connectivity index (χ0v) is 17.8. The number of benzene rings is 2. The molecule has 1 radical (unpaired) electrons. The summed E-state index contributed by atoms with van der Waals surface area (Å²) in [5, 5.41) is 0. The Labute approximate surface area is 165 Å². The van der Waals surface area contributed by atoms with Crippen LogP contribution in [0.2, 0.25) is 0 Å². The van der Waals surface area contributed by atoms with Crippen LogP contribution in [0.25, 0.3) is 11.1 Å². The number of allylic oxidation sites excluding steroid dienone is 1. The standard InChI is InChI=1S/C17H16F2.C2H7P.Y/c1-3-4-5-13-7-9-14(10-8-13)15-11-6-12(2)16(18)17(15)19;1-2-3;/h3,6-11H,1,4-5H2,2H3;2-3H2,1H3;. The molecule has 0 saturated heterocycles. The normalized spacial score (nSPS) is 9.43. The van der Waals surface area contributed by atoms with Crippen LogP contribution in [0.5, 0.6) is 0 Å². The molecule has 0 aliphatic heterocycles. The summed E-state index contributed by atoms with van der Waals surface area (Å²) in [5.41, 5.74) is 2.48. The second kappa shape index (κ2) is 12.0. The van der Waals surface area contributed by atoms with Gasteiger partial charge in [-0.05, 0) is 42.6 Å². The zero-order valence-electron chi connectivity index (χ0n) is 13.8. The summed E-state index contributed by atoms with van der Waals surface area (Å²) < 4.78 is 27.4. The van der Waals surface area contributed by atoms with Gasteiger partial charge in [0.15, 0.2) is 11.6 Å². The molecule has 0 heterocycles. The van der Waals surface area contributed by atoms with E-state index in [2.05, 4.69) is 22.7 Å². The van der Waals surface area contributed by atoms with Crippen molar-refractivity contribution in [3.63, 3.8) is 0 Å². The van der Waals surface area contributed by atoms with Crippen LogP contribution in [0.1, 0.15) is 24.5 Å². The summed E-state index contributed by atoms with van der Waals surface area (Å²) in [6.45, 7) is 7.32. The minimum atomic E-state index is -0.779. The third kappa shape index (κ3) is 6.91. The van der Waals surface area contributed by atoms with E-state index < -0.39 is 11.6 Å². The molecular weight excluding hydrogens is 386 g/mol. The van der Waals surface area contributed by atoms with Crippen LogP contribution in [0.4, 0.5) is 8.78 Å². The largest absolute Gasteiger partial charge is 0.203 e. The number of aryl methyl sites for hydroxylation is 2. The van der Waals surface area contributed by atoms with E-state index in [-0.39, 0.29) is 32.7 Å². The van der Waals surface area contributed by atoms with Gasteiger partial charge in [-0.25, -0.2) is 8.78 Å². The summed E-state index contributed by atoms with van der Waals surface area (Å²) in [6, 6.07) is 10.7. The van der Waals surface area contributed by atoms with Crippen LogP contribution in [0.3, 0.4) is 0 Å².